The Kier molecular flexibility index (Phi) is 6.52. The maximum absolute atomic E-state index is 10.8. The zero-order valence-electron chi connectivity index (χ0n) is 11.2. The Labute approximate surface area is 105 Å². The van der Waals surface area contributed by atoms with Crippen molar-refractivity contribution < 1.29 is 9.90 Å². The summed E-state index contributed by atoms with van der Waals surface area (Å²) in [6.45, 7) is 2.93. The molecule has 0 spiro atoms. The van der Waals surface area contributed by atoms with Gasteiger partial charge in [-0.2, -0.15) is 0 Å². The maximum atomic E-state index is 10.8. The number of aliphatic carboxylic acids is 1. The van der Waals surface area contributed by atoms with E-state index in [0.717, 1.165) is 19.6 Å². The van der Waals surface area contributed by atoms with Crippen LogP contribution in [-0.2, 0) is 4.79 Å². The van der Waals surface area contributed by atoms with E-state index >= 15 is 0 Å². The molecule has 1 saturated carbocycles. The van der Waals surface area contributed by atoms with Crippen molar-refractivity contribution in [1.82, 2.24) is 9.80 Å². The smallest absolute Gasteiger partial charge is 0.317 e. The largest absolute Gasteiger partial charge is 0.480 e. The van der Waals surface area contributed by atoms with Gasteiger partial charge in [0, 0.05) is 19.6 Å². The van der Waals surface area contributed by atoms with Gasteiger partial charge in [0.2, 0.25) is 0 Å². The van der Waals surface area contributed by atoms with Gasteiger partial charge in [-0.1, -0.05) is 19.3 Å². The highest BCUT2D eigenvalue weighted by Gasteiger charge is 2.18. The number of nitrogens with zero attached hydrogens (tertiary/aromatic N) is 2. The molecule has 0 bridgehead atoms. The summed E-state index contributed by atoms with van der Waals surface area (Å²) in [4.78, 5) is 15.0. The van der Waals surface area contributed by atoms with Crippen LogP contribution in [0.1, 0.15) is 32.1 Å². The zero-order chi connectivity index (χ0) is 12.7. The minimum absolute atomic E-state index is 0.185. The van der Waals surface area contributed by atoms with Gasteiger partial charge in [-0.15, -0.1) is 0 Å². The Hall–Kier alpha value is -0.610. The molecule has 4 nitrogen and oxygen atoms in total. The number of hydrogen-bond donors (Lipinski definition) is 1. The molecule has 100 valence electrons. The molecule has 0 aromatic carbocycles. The number of carboxylic acids is 1. The van der Waals surface area contributed by atoms with Crippen molar-refractivity contribution in [2.24, 2.45) is 5.92 Å². The summed E-state index contributed by atoms with van der Waals surface area (Å²) in [6.07, 6.45) is 6.54. The van der Waals surface area contributed by atoms with Crippen LogP contribution in [0.5, 0.6) is 0 Å². The van der Waals surface area contributed by atoms with Crippen LogP contribution in [0.3, 0.4) is 0 Å². The van der Waals surface area contributed by atoms with Gasteiger partial charge in [-0.25, -0.2) is 0 Å². The first-order valence-corrected chi connectivity index (χ1v) is 6.67. The van der Waals surface area contributed by atoms with Gasteiger partial charge in [0.05, 0.1) is 6.54 Å². The summed E-state index contributed by atoms with van der Waals surface area (Å²) >= 11 is 0. The first-order chi connectivity index (χ1) is 8.08. The molecule has 0 unspecified atom stereocenters. The third-order valence-electron chi connectivity index (χ3n) is 3.46. The minimum atomic E-state index is -0.709. The predicted molar refractivity (Wildman–Crippen MR) is 69.2 cm³/mol. The summed E-state index contributed by atoms with van der Waals surface area (Å²) in [5.41, 5.74) is 0. The second-order valence-electron chi connectivity index (χ2n) is 5.44. The monoisotopic (exact) mass is 242 g/mol. The molecule has 17 heavy (non-hydrogen) atoms. The molecule has 0 aliphatic heterocycles. The third kappa shape index (κ3) is 6.64. The molecule has 1 aliphatic carbocycles. The van der Waals surface area contributed by atoms with E-state index in [1.165, 1.54) is 32.1 Å². The van der Waals surface area contributed by atoms with Crippen LogP contribution in [-0.4, -0.2) is 61.2 Å². The molecule has 0 saturated heterocycles. The van der Waals surface area contributed by atoms with Crippen LogP contribution < -0.4 is 0 Å². The fourth-order valence-corrected chi connectivity index (χ4v) is 2.50. The number of hydrogen-bond acceptors (Lipinski definition) is 3. The van der Waals surface area contributed by atoms with E-state index in [0.29, 0.717) is 5.92 Å². The molecule has 0 heterocycles. The molecule has 1 aliphatic rings. The molecule has 0 aromatic rings. The van der Waals surface area contributed by atoms with E-state index in [2.05, 4.69) is 9.80 Å². The predicted octanol–water partition coefficient (Wildman–Crippen LogP) is 1.51. The number of carboxylic acid groups (broad SMARTS) is 1. The van der Waals surface area contributed by atoms with Gasteiger partial charge in [0.15, 0.2) is 0 Å². The van der Waals surface area contributed by atoms with E-state index in [9.17, 15) is 4.79 Å². The van der Waals surface area contributed by atoms with Gasteiger partial charge < -0.3 is 10.0 Å². The van der Waals surface area contributed by atoms with E-state index in [-0.39, 0.29) is 6.54 Å². The third-order valence-corrected chi connectivity index (χ3v) is 3.46. The molecule has 1 fully saturated rings. The van der Waals surface area contributed by atoms with Gasteiger partial charge in [-0.05, 0) is 32.9 Å². The number of likely N-dealkylation sites (N-methyl/N-ethyl adjacent to an activating group) is 1. The Bertz CT molecular complexity index is 225. The second-order valence-corrected chi connectivity index (χ2v) is 5.44. The molecular formula is C13H26N2O2. The molecule has 0 atom stereocenters. The molecule has 1 N–H and O–H groups in total. The molecule has 0 amide bonds. The van der Waals surface area contributed by atoms with Crippen molar-refractivity contribution in [3.05, 3.63) is 0 Å². The lowest BCUT2D eigenvalue weighted by Gasteiger charge is -2.29. The molecule has 4 heteroatoms. The van der Waals surface area contributed by atoms with Crippen LogP contribution in [0.4, 0.5) is 0 Å². The van der Waals surface area contributed by atoms with Crippen molar-refractivity contribution in [3.8, 4) is 0 Å². The highest BCUT2D eigenvalue weighted by atomic mass is 16.4. The lowest BCUT2D eigenvalue weighted by Crippen LogP contribution is -2.39. The van der Waals surface area contributed by atoms with Crippen LogP contribution in [0.15, 0.2) is 0 Å². The number of carbonyl (C=O) groups is 1. The first-order valence-electron chi connectivity index (χ1n) is 6.67. The van der Waals surface area contributed by atoms with Crippen LogP contribution in [0, 0.1) is 5.92 Å². The highest BCUT2D eigenvalue weighted by Crippen LogP contribution is 2.24. The summed E-state index contributed by atoms with van der Waals surface area (Å²) < 4.78 is 0. The van der Waals surface area contributed by atoms with Crippen LogP contribution in [0.2, 0.25) is 0 Å². The van der Waals surface area contributed by atoms with E-state index < -0.39 is 5.97 Å². The maximum Gasteiger partial charge on any atom is 0.317 e. The van der Waals surface area contributed by atoms with Gasteiger partial charge in [0.25, 0.3) is 0 Å². The lowest BCUT2D eigenvalue weighted by molar-refractivity contribution is -0.138. The quantitative estimate of drug-likeness (QED) is 0.735. The molecular weight excluding hydrogens is 216 g/mol. The minimum Gasteiger partial charge on any atom is -0.480 e. The molecule has 0 aromatic heterocycles. The Morgan fingerprint density at radius 1 is 1.18 bits per heavy atom. The average Bonchev–Trinajstić information content (AvgIpc) is 2.26. The summed E-state index contributed by atoms with van der Waals surface area (Å²) in [5.74, 6) is 0.00447. The van der Waals surface area contributed by atoms with Crippen molar-refractivity contribution in [2.45, 2.75) is 32.1 Å². The summed E-state index contributed by atoms with van der Waals surface area (Å²) in [6, 6.07) is 0. The SMILES string of the molecule is CN(C)CCN(CC(=O)O)CC1CCCCC1. The Morgan fingerprint density at radius 3 is 2.35 bits per heavy atom. The van der Waals surface area contributed by atoms with Crippen molar-refractivity contribution in [3.63, 3.8) is 0 Å². The fourth-order valence-electron chi connectivity index (χ4n) is 2.50. The number of rotatable bonds is 7. The lowest BCUT2D eigenvalue weighted by atomic mass is 9.89. The molecule has 0 radical (unpaired) electrons. The van der Waals surface area contributed by atoms with Crippen molar-refractivity contribution >= 4 is 5.97 Å². The highest BCUT2D eigenvalue weighted by molar-refractivity contribution is 5.69. The second kappa shape index (κ2) is 7.67. The zero-order valence-corrected chi connectivity index (χ0v) is 11.2. The molecule has 1 rings (SSSR count). The Morgan fingerprint density at radius 2 is 1.82 bits per heavy atom. The van der Waals surface area contributed by atoms with Gasteiger partial charge in [0.1, 0.15) is 0 Å². The van der Waals surface area contributed by atoms with E-state index in [1.807, 2.05) is 14.1 Å². The van der Waals surface area contributed by atoms with Crippen molar-refractivity contribution in [2.75, 3.05) is 40.3 Å². The van der Waals surface area contributed by atoms with E-state index in [1.54, 1.807) is 0 Å². The van der Waals surface area contributed by atoms with Crippen LogP contribution >= 0.6 is 0 Å². The average molecular weight is 242 g/mol. The van der Waals surface area contributed by atoms with E-state index in [4.69, 9.17) is 5.11 Å². The van der Waals surface area contributed by atoms with Gasteiger partial charge >= 0.3 is 5.97 Å². The van der Waals surface area contributed by atoms with Gasteiger partial charge in [-0.3, -0.25) is 9.69 Å². The van der Waals surface area contributed by atoms with Crippen LogP contribution in [0.25, 0.3) is 0 Å². The Balaban J connectivity index is 2.35. The summed E-state index contributed by atoms with van der Waals surface area (Å²) in [5, 5.41) is 8.92. The summed E-state index contributed by atoms with van der Waals surface area (Å²) in [7, 11) is 4.05. The topological polar surface area (TPSA) is 43.8 Å². The normalized spacial score (nSPS) is 17.9. The standard InChI is InChI=1S/C13H26N2O2/c1-14(2)8-9-15(11-13(16)17)10-12-6-4-3-5-7-12/h12H,3-11H2,1-2H3,(H,16,17). The fraction of sp³-hybridized carbons (Fsp3) is 0.923. The van der Waals surface area contributed by atoms with Crippen molar-refractivity contribution in [1.29, 1.82) is 0 Å². The first kappa shape index (κ1) is 14.5.